The number of alkyl halides is 3. The molecule has 1 atom stereocenters. The van der Waals surface area contributed by atoms with Crippen molar-refractivity contribution in [3.63, 3.8) is 0 Å². The molecular weight excluding hydrogens is 311 g/mol. The summed E-state index contributed by atoms with van der Waals surface area (Å²) in [7, 11) is 0. The van der Waals surface area contributed by atoms with Gasteiger partial charge in [0.1, 0.15) is 0 Å². The van der Waals surface area contributed by atoms with Crippen LogP contribution in [0.1, 0.15) is 20.8 Å². The third-order valence-electron chi connectivity index (χ3n) is 2.55. The van der Waals surface area contributed by atoms with Crippen LogP contribution in [-0.2, 0) is 0 Å². The molecule has 1 aromatic carbocycles. The maximum absolute atomic E-state index is 12.3. The van der Waals surface area contributed by atoms with Crippen LogP contribution in [0.15, 0.2) is 22.7 Å². The normalized spacial score (nSPS) is 13.6. The summed E-state index contributed by atoms with van der Waals surface area (Å²) in [6, 6.07) is 4.56. The van der Waals surface area contributed by atoms with E-state index in [-0.39, 0.29) is 11.8 Å². The van der Waals surface area contributed by atoms with Gasteiger partial charge in [-0.15, -0.1) is 13.2 Å². The molecule has 1 unspecified atom stereocenters. The summed E-state index contributed by atoms with van der Waals surface area (Å²) in [5.41, 5.74) is 0.330. The number of hydrogen-bond donors (Lipinski definition) is 1. The molecule has 0 bridgehead atoms. The van der Waals surface area contributed by atoms with Crippen molar-refractivity contribution >= 4 is 21.6 Å². The lowest BCUT2D eigenvalue weighted by Crippen LogP contribution is -2.23. The van der Waals surface area contributed by atoms with Crippen LogP contribution in [0, 0.1) is 5.92 Å². The smallest absolute Gasteiger partial charge is 0.404 e. The van der Waals surface area contributed by atoms with Crippen LogP contribution in [0.5, 0.6) is 5.75 Å². The van der Waals surface area contributed by atoms with E-state index in [1.54, 1.807) is 12.1 Å². The quantitative estimate of drug-likeness (QED) is 0.858. The summed E-state index contributed by atoms with van der Waals surface area (Å²) >= 11 is 3.12. The van der Waals surface area contributed by atoms with Crippen molar-refractivity contribution in [1.29, 1.82) is 0 Å². The van der Waals surface area contributed by atoms with Gasteiger partial charge in [-0.25, -0.2) is 0 Å². The van der Waals surface area contributed by atoms with E-state index < -0.39 is 6.36 Å². The fourth-order valence-electron chi connectivity index (χ4n) is 1.24. The molecule has 0 spiro atoms. The molecule has 0 aliphatic rings. The van der Waals surface area contributed by atoms with E-state index in [0.29, 0.717) is 16.1 Å². The van der Waals surface area contributed by atoms with Crippen LogP contribution in [-0.4, -0.2) is 12.4 Å². The van der Waals surface area contributed by atoms with E-state index in [2.05, 4.69) is 26.0 Å². The molecule has 102 valence electrons. The molecule has 0 heterocycles. The largest absolute Gasteiger partial charge is 0.573 e. The van der Waals surface area contributed by atoms with Gasteiger partial charge in [-0.05, 0) is 31.0 Å². The van der Waals surface area contributed by atoms with Crippen LogP contribution in [0.2, 0.25) is 0 Å². The first-order valence-corrected chi connectivity index (χ1v) is 6.30. The topological polar surface area (TPSA) is 21.3 Å². The molecule has 1 aromatic rings. The number of anilines is 1. The van der Waals surface area contributed by atoms with Gasteiger partial charge in [0.05, 0.1) is 5.69 Å². The number of benzene rings is 1. The summed E-state index contributed by atoms with van der Waals surface area (Å²) in [5, 5.41) is 3.01. The Balaban J connectivity index is 2.96. The second-order valence-corrected chi connectivity index (χ2v) is 5.28. The van der Waals surface area contributed by atoms with Crippen molar-refractivity contribution in [2.45, 2.75) is 33.2 Å². The molecular formula is C12H15BrF3NO. The summed E-state index contributed by atoms with van der Waals surface area (Å²) < 4.78 is 41.4. The van der Waals surface area contributed by atoms with Gasteiger partial charge in [0.15, 0.2) is 5.75 Å². The Bertz CT molecular complexity index is 407. The first kappa shape index (κ1) is 15.1. The number of hydrogen-bond acceptors (Lipinski definition) is 2. The summed E-state index contributed by atoms with van der Waals surface area (Å²) in [6.45, 7) is 5.88. The van der Waals surface area contributed by atoms with Crippen molar-refractivity contribution in [3.8, 4) is 5.75 Å². The van der Waals surface area contributed by atoms with Crippen molar-refractivity contribution < 1.29 is 17.9 Å². The third kappa shape index (κ3) is 4.76. The van der Waals surface area contributed by atoms with E-state index in [9.17, 15) is 13.2 Å². The SMILES string of the molecule is CC(C)C(C)Nc1ccc(Br)cc1OC(F)(F)F. The molecule has 0 aliphatic heterocycles. The van der Waals surface area contributed by atoms with Gasteiger partial charge in [0.25, 0.3) is 0 Å². The minimum absolute atomic E-state index is 0.0433. The van der Waals surface area contributed by atoms with Crippen LogP contribution in [0.4, 0.5) is 18.9 Å². The second-order valence-electron chi connectivity index (χ2n) is 4.37. The van der Waals surface area contributed by atoms with Crippen LogP contribution < -0.4 is 10.1 Å². The first-order valence-electron chi connectivity index (χ1n) is 5.51. The molecule has 1 rings (SSSR count). The molecule has 0 fully saturated rings. The average molecular weight is 326 g/mol. The Labute approximate surface area is 113 Å². The van der Waals surface area contributed by atoms with Gasteiger partial charge >= 0.3 is 6.36 Å². The molecule has 2 nitrogen and oxygen atoms in total. The molecule has 0 aromatic heterocycles. The lowest BCUT2D eigenvalue weighted by molar-refractivity contribution is -0.274. The Morgan fingerprint density at radius 1 is 1.22 bits per heavy atom. The van der Waals surface area contributed by atoms with E-state index in [1.807, 2.05) is 20.8 Å². The Kier molecular flexibility index (Phi) is 4.90. The van der Waals surface area contributed by atoms with E-state index in [0.717, 1.165) is 0 Å². The van der Waals surface area contributed by atoms with E-state index >= 15 is 0 Å². The number of ether oxygens (including phenoxy) is 1. The van der Waals surface area contributed by atoms with Gasteiger partial charge in [-0.3, -0.25) is 0 Å². The van der Waals surface area contributed by atoms with Crippen LogP contribution in [0.25, 0.3) is 0 Å². The monoisotopic (exact) mass is 325 g/mol. The van der Waals surface area contributed by atoms with Crippen LogP contribution >= 0.6 is 15.9 Å². The van der Waals surface area contributed by atoms with Gasteiger partial charge in [-0.2, -0.15) is 0 Å². The highest BCUT2D eigenvalue weighted by atomic mass is 79.9. The van der Waals surface area contributed by atoms with Crippen molar-refractivity contribution in [2.75, 3.05) is 5.32 Å². The highest BCUT2D eigenvalue weighted by molar-refractivity contribution is 9.10. The second kappa shape index (κ2) is 5.82. The lowest BCUT2D eigenvalue weighted by Gasteiger charge is -2.21. The molecule has 6 heteroatoms. The Hall–Kier alpha value is -0.910. The third-order valence-corrected chi connectivity index (χ3v) is 3.05. The highest BCUT2D eigenvalue weighted by Gasteiger charge is 2.32. The van der Waals surface area contributed by atoms with Gasteiger partial charge in [0, 0.05) is 10.5 Å². The zero-order valence-electron chi connectivity index (χ0n) is 10.3. The van der Waals surface area contributed by atoms with E-state index in [4.69, 9.17) is 0 Å². The molecule has 18 heavy (non-hydrogen) atoms. The fourth-order valence-corrected chi connectivity index (χ4v) is 1.58. The minimum Gasteiger partial charge on any atom is -0.404 e. The first-order chi connectivity index (χ1) is 8.19. The lowest BCUT2D eigenvalue weighted by atomic mass is 10.1. The van der Waals surface area contributed by atoms with Crippen molar-refractivity contribution in [1.82, 2.24) is 0 Å². The predicted octanol–water partition coefficient (Wildman–Crippen LogP) is 4.80. The minimum atomic E-state index is -4.70. The zero-order chi connectivity index (χ0) is 13.9. The van der Waals surface area contributed by atoms with Crippen LogP contribution in [0.3, 0.4) is 0 Å². The fraction of sp³-hybridized carbons (Fsp3) is 0.500. The molecule has 0 saturated heterocycles. The summed E-state index contributed by atoms with van der Waals surface area (Å²) in [6.07, 6.45) is -4.70. The number of rotatable bonds is 4. The van der Waals surface area contributed by atoms with Gasteiger partial charge in [0.2, 0.25) is 0 Å². The number of nitrogens with one attached hydrogen (secondary N) is 1. The van der Waals surface area contributed by atoms with Crippen molar-refractivity contribution in [2.24, 2.45) is 5.92 Å². The molecule has 0 aliphatic carbocycles. The maximum atomic E-state index is 12.3. The Morgan fingerprint density at radius 3 is 2.33 bits per heavy atom. The molecule has 0 amide bonds. The Morgan fingerprint density at radius 2 is 1.83 bits per heavy atom. The summed E-state index contributed by atoms with van der Waals surface area (Å²) in [4.78, 5) is 0. The summed E-state index contributed by atoms with van der Waals surface area (Å²) in [5.74, 6) is 0.0664. The molecule has 0 saturated carbocycles. The van der Waals surface area contributed by atoms with Gasteiger partial charge in [-0.1, -0.05) is 29.8 Å². The predicted molar refractivity (Wildman–Crippen MR) is 68.7 cm³/mol. The number of halogens is 4. The molecule has 0 radical (unpaired) electrons. The zero-order valence-corrected chi connectivity index (χ0v) is 11.9. The standard InChI is InChI=1S/C12H15BrF3NO/c1-7(2)8(3)17-10-5-4-9(13)6-11(10)18-12(14,15)16/h4-8,17H,1-3H3. The van der Waals surface area contributed by atoms with Gasteiger partial charge < -0.3 is 10.1 Å². The average Bonchev–Trinajstić information content (AvgIpc) is 2.19. The molecule has 1 N–H and O–H groups in total. The van der Waals surface area contributed by atoms with E-state index in [1.165, 1.54) is 6.07 Å². The van der Waals surface area contributed by atoms with Crippen molar-refractivity contribution in [3.05, 3.63) is 22.7 Å². The maximum Gasteiger partial charge on any atom is 0.573 e. The highest BCUT2D eigenvalue weighted by Crippen LogP contribution is 2.33.